The minimum atomic E-state index is -0.139. The first-order valence-electron chi connectivity index (χ1n) is 7.79. The number of benzene rings is 1. The van der Waals surface area contributed by atoms with Crippen molar-refractivity contribution < 1.29 is 13.7 Å². The van der Waals surface area contributed by atoms with Gasteiger partial charge in [-0.25, -0.2) is 4.98 Å². The minimum absolute atomic E-state index is 0.139. The highest BCUT2D eigenvalue weighted by molar-refractivity contribution is 6.30. The van der Waals surface area contributed by atoms with Crippen LogP contribution < -0.4 is 5.32 Å². The summed E-state index contributed by atoms with van der Waals surface area (Å²) in [6.07, 6.45) is 0.594. The molecule has 0 atom stereocenters. The van der Waals surface area contributed by atoms with Crippen LogP contribution in [0.5, 0.6) is 0 Å². The zero-order valence-electron chi connectivity index (χ0n) is 13.9. The van der Waals surface area contributed by atoms with Crippen molar-refractivity contribution in [3.05, 3.63) is 52.5 Å². The van der Waals surface area contributed by atoms with Crippen LogP contribution in [0.1, 0.15) is 29.7 Å². The van der Waals surface area contributed by atoms with Gasteiger partial charge in [0.25, 0.3) is 0 Å². The summed E-state index contributed by atoms with van der Waals surface area (Å²) in [5.41, 5.74) is 1.63. The molecule has 130 valence electrons. The molecule has 0 aliphatic carbocycles. The van der Waals surface area contributed by atoms with Gasteiger partial charge in [-0.1, -0.05) is 16.8 Å². The van der Waals surface area contributed by atoms with Crippen molar-refractivity contribution in [2.45, 2.75) is 33.2 Å². The smallest absolute Gasteiger partial charge is 0.227 e. The highest BCUT2D eigenvalue weighted by Crippen LogP contribution is 2.19. The van der Waals surface area contributed by atoms with Crippen LogP contribution in [0.3, 0.4) is 0 Å². The number of carbonyl (C=O) groups is 1. The van der Waals surface area contributed by atoms with Crippen LogP contribution in [0.4, 0.5) is 0 Å². The lowest BCUT2D eigenvalue weighted by atomic mass is 10.2. The van der Waals surface area contributed by atoms with Gasteiger partial charge in [-0.3, -0.25) is 4.79 Å². The average Bonchev–Trinajstić information content (AvgIpc) is 3.19. The number of rotatable bonds is 6. The van der Waals surface area contributed by atoms with Gasteiger partial charge < -0.3 is 14.3 Å². The second-order valence-electron chi connectivity index (χ2n) is 5.54. The zero-order valence-corrected chi connectivity index (χ0v) is 14.6. The van der Waals surface area contributed by atoms with Crippen LogP contribution in [-0.4, -0.2) is 21.0 Å². The highest BCUT2D eigenvalue weighted by Gasteiger charge is 2.12. The largest absolute Gasteiger partial charge is 0.444 e. The van der Waals surface area contributed by atoms with E-state index in [1.165, 1.54) is 0 Å². The summed E-state index contributed by atoms with van der Waals surface area (Å²) >= 11 is 5.85. The van der Waals surface area contributed by atoms with Crippen molar-refractivity contribution in [3.63, 3.8) is 0 Å². The molecule has 2 heterocycles. The first-order valence-corrected chi connectivity index (χ1v) is 8.17. The van der Waals surface area contributed by atoms with E-state index >= 15 is 0 Å². The van der Waals surface area contributed by atoms with E-state index < -0.39 is 0 Å². The molecule has 0 saturated carbocycles. The number of hydrogen-bond donors (Lipinski definition) is 1. The second-order valence-corrected chi connectivity index (χ2v) is 5.98. The summed E-state index contributed by atoms with van der Waals surface area (Å²) in [6.45, 7) is 3.95. The third-order valence-electron chi connectivity index (χ3n) is 3.65. The number of aromatic nitrogens is 3. The third kappa shape index (κ3) is 4.45. The van der Waals surface area contributed by atoms with Crippen LogP contribution in [-0.2, 0) is 17.8 Å². The SMILES string of the molecule is Cc1nc(CNC(=O)CCc2nc(-c3ccc(Cl)cc3)no2)oc1C. The van der Waals surface area contributed by atoms with Gasteiger partial charge in [0, 0.05) is 23.4 Å². The fraction of sp³-hybridized carbons (Fsp3) is 0.294. The molecule has 1 amide bonds. The average molecular weight is 361 g/mol. The van der Waals surface area contributed by atoms with Crippen LogP contribution >= 0.6 is 11.6 Å². The molecule has 8 heteroatoms. The first kappa shape index (κ1) is 17.2. The number of carbonyl (C=O) groups excluding carboxylic acids is 1. The normalized spacial score (nSPS) is 10.8. The lowest BCUT2D eigenvalue weighted by Gasteiger charge is -2.00. The van der Waals surface area contributed by atoms with Crippen molar-refractivity contribution >= 4 is 17.5 Å². The van der Waals surface area contributed by atoms with E-state index in [1.54, 1.807) is 12.1 Å². The Bertz CT molecular complexity index is 851. The van der Waals surface area contributed by atoms with Gasteiger partial charge >= 0.3 is 0 Å². The molecular weight excluding hydrogens is 344 g/mol. The number of aryl methyl sites for hydroxylation is 3. The van der Waals surface area contributed by atoms with Crippen LogP contribution in [0.2, 0.25) is 5.02 Å². The predicted molar refractivity (Wildman–Crippen MR) is 90.9 cm³/mol. The van der Waals surface area contributed by atoms with Crippen molar-refractivity contribution in [2.75, 3.05) is 0 Å². The summed E-state index contributed by atoms with van der Waals surface area (Å²) in [5.74, 6) is 1.98. The molecule has 0 bridgehead atoms. The first-order chi connectivity index (χ1) is 12.0. The summed E-state index contributed by atoms with van der Waals surface area (Å²) in [5, 5.41) is 7.31. The number of nitrogens with one attached hydrogen (secondary N) is 1. The Kier molecular flexibility index (Phi) is 5.14. The maximum Gasteiger partial charge on any atom is 0.227 e. The quantitative estimate of drug-likeness (QED) is 0.725. The standard InChI is InChI=1S/C17H17ClN4O3/c1-10-11(2)24-16(20-10)9-19-14(23)7-8-15-21-17(22-25-15)12-3-5-13(18)6-4-12/h3-6H,7-9H2,1-2H3,(H,19,23). The molecule has 0 spiro atoms. The molecule has 2 aromatic heterocycles. The molecule has 7 nitrogen and oxygen atoms in total. The summed E-state index contributed by atoms with van der Waals surface area (Å²) in [6, 6.07) is 7.13. The van der Waals surface area contributed by atoms with E-state index in [-0.39, 0.29) is 18.9 Å². The number of halogens is 1. The molecule has 25 heavy (non-hydrogen) atoms. The Balaban J connectivity index is 1.50. The van der Waals surface area contributed by atoms with Crippen molar-refractivity contribution in [1.29, 1.82) is 0 Å². The molecule has 3 rings (SSSR count). The molecule has 0 radical (unpaired) electrons. The number of amides is 1. The Morgan fingerprint density at radius 2 is 1.92 bits per heavy atom. The van der Waals surface area contributed by atoms with E-state index in [0.29, 0.717) is 29.0 Å². The maximum absolute atomic E-state index is 11.9. The van der Waals surface area contributed by atoms with Gasteiger partial charge in [-0.05, 0) is 38.1 Å². The highest BCUT2D eigenvalue weighted by atomic mass is 35.5. The topological polar surface area (TPSA) is 94.1 Å². The van der Waals surface area contributed by atoms with Gasteiger partial charge in [0.05, 0.1) is 12.2 Å². The summed E-state index contributed by atoms with van der Waals surface area (Å²) < 4.78 is 10.6. The van der Waals surface area contributed by atoms with Crippen molar-refractivity contribution in [3.8, 4) is 11.4 Å². The molecule has 3 aromatic rings. The van der Waals surface area contributed by atoms with Crippen molar-refractivity contribution in [2.24, 2.45) is 0 Å². The van der Waals surface area contributed by atoms with E-state index in [0.717, 1.165) is 17.0 Å². The summed E-state index contributed by atoms with van der Waals surface area (Å²) in [7, 11) is 0. The zero-order chi connectivity index (χ0) is 17.8. The van der Waals surface area contributed by atoms with E-state index in [9.17, 15) is 4.79 Å². The molecule has 0 fully saturated rings. The van der Waals surface area contributed by atoms with Gasteiger partial charge in [0.1, 0.15) is 5.76 Å². The fourth-order valence-electron chi connectivity index (χ4n) is 2.17. The van der Waals surface area contributed by atoms with E-state index in [2.05, 4.69) is 20.4 Å². The molecular formula is C17H17ClN4O3. The molecule has 0 saturated heterocycles. The van der Waals surface area contributed by atoms with E-state index in [1.807, 2.05) is 26.0 Å². The molecule has 0 unspecified atom stereocenters. The minimum Gasteiger partial charge on any atom is -0.444 e. The predicted octanol–water partition coefficient (Wildman–Crippen LogP) is 3.24. The lowest BCUT2D eigenvalue weighted by molar-refractivity contribution is -0.121. The van der Waals surface area contributed by atoms with Crippen LogP contribution in [0, 0.1) is 13.8 Å². The van der Waals surface area contributed by atoms with Gasteiger partial charge in [0.15, 0.2) is 0 Å². The number of nitrogens with zero attached hydrogens (tertiary/aromatic N) is 3. The van der Waals surface area contributed by atoms with Crippen LogP contribution in [0.15, 0.2) is 33.2 Å². The lowest BCUT2D eigenvalue weighted by Crippen LogP contribution is -2.23. The number of oxazole rings is 1. The Hall–Kier alpha value is -2.67. The van der Waals surface area contributed by atoms with Crippen LogP contribution in [0.25, 0.3) is 11.4 Å². The fourth-order valence-corrected chi connectivity index (χ4v) is 2.30. The third-order valence-corrected chi connectivity index (χ3v) is 3.90. The van der Waals surface area contributed by atoms with Gasteiger partial charge in [0.2, 0.25) is 23.5 Å². The van der Waals surface area contributed by atoms with Crippen molar-refractivity contribution in [1.82, 2.24) is 20.4 Å². The van der Waals surface area contributed by atoms with Gasteiger partial charge in [-0.15, -0.1) is 0 Å². The second kappa shape index (κ2) is 7.48. The summed E-state index contributed by atoms with van der Waals surface area (Å²) in [4.78, 5) is 20.4. The van der Waals surface area contributed by atoms with E-state index in [4.69, 9.17) is 20.5 Å². The monoisotopic (exact) mass is 360 g/mol. The molecule has 1 aromatic carbocycles. The Morgan fingerprint density at radius 1 is 1.16 bits per heavy atom. The molecule has 0 aliphatic heterocycles. The Labute approximate surface area is 149 Å². The van der Waals surface area contributed by atoms with Gasteiger partial charge in [-0.2, -0.15) is 4.98 Å². The Morgan fingerprint density at radius 3 is 2.60 bits per heavy atom. The number of hydrogen-bond acceptors (Lipinski definition) is 6. The molecule has 1 N–H and O–H groups in total. The molecule has 0 aliphatic rings. The maximum atomic E-state index is 11.9.